The molecule has 106 valence electrons. The first kappa shape index (κ1) is 14.5. The molecule has 0 aliphatic carbocycles. The number of hydrogen-bond donors (Lipinski definition) is 2. The Kier molecular flexibility index (Phi) is 5.13. The van der Waals surface area contributed by atoms with Gasteiger partial charge in [0.05, 0.1) is 6.42 Å². The van der Waals surface area contributed by atoms with Gasteiger partial charge in [-0.15, -0.1) is 0 Å². The predicted octanol–water partition coefficient (Wildman–Crippen LogP) is 2.63. The Bertz CT molecular complexity index is 580. The largest absolute Gasteiger partial charge is 0.353 e. The number of carbonyl (C=O) groups is 1. The normalized spacial score (nSPS) is 12.3. The molecule has 0 aromatic heterocycles. The number of rotatable bonds is 6. The summed E-state index contributed by atoms with van der Waals surface area (Å²) in [4.78, 5) is 12.0. The van der Waals surface area contributed by atoms with Gasteiger partial charge in [-0.3, -0.25) is 4.79 Å². The summed E-state index contributed by atoms with van der Waals surface area (Å²) in [6.07, 6.45) is 2.17. The molecule has 2 aromatic rings. The Hall–Kier alpha value is -1.87. The molecule has 3 nitrogen and oxygen atoms in total. The van der Waals surface area contributed by atoms with Gasteiger partial charge < -0.3 is 11.1 Å². The molecule has 3 heteroatoms. The first-order valence-electron chi connectivity index (χ1n) is 7.20. The standard InChI is InChI=1S/C17H22N2O/c1-2-16(9-10-18)19-17(20)12-13-7-8-14-5-3-4-6-15(14)11-13/h3-8,11,16H,2,9-10,12,18H2,1H3,(H,19,20). The van der Waals surface area contributed by atoms with E-state index in [-0.39, 0.29) is 11.9 Å². The average molecular weight is 270 g/mol. The van der Waals surface area contributed by atoms with Crippen molar-refractivity contribution in [3.05, 3.63) is 48.0 Å². The number of fused-ring (bicyclic) bond motifs is 1. The van der Waals surface area contributed by atoms with E-state index in [1.54, 1.807) is 0 Å². The minimum Gasteiger partial charge on any atom is -0.353 e. The van der Waals surface area contributed by atoms with Crippen LogP contribution in [0.4, 0.5) is 0 Å². The summed E-state index contributed by atoms with van der Waals surface area (Å²) in [7, 11) is 0. The highest BCUT2D eigenvalue weighted by Gasteiger charge is 2.10. The molecule has 0 fully saturated rings. The first-order valence-corrected chi connectivity index (χ1v) is 7.20. The lowest BCUT2D eigenvalue weighted by Crippen LogP contribution is -2.36. The van der Waals surface area contributed by atoms with Crippen molar-refractivity contribution >= 4 is 16.7 Å². The molecule has 0 aliphatic heterocycles. The van der Waals surface area contributed by atoms with Crippen molar-refractivity contribution < 1.29 is 4.79 Å². The van der Waals surface area contributed by atoms with E-state index >= 15 is 0 Å². The Labute approximate surface area is 120 Å². The van der Waals surface area contributed by atoms with Crippen LogP contribution in [0.3, 0.4) is 0 Å². The summed E-state index contributed by atoms with van der Waals surface area (Å²) in [5.74, 6) is 0.0700. The van der Waals surface area contributed by atoms with Crippen LogP contribution in [0.25, 0.3) is 10.8 Å². The van der Waals surface area contributed by atoms with Crippen LogP contribution in [0.2, 0.25) is 0 Å². The quantitative estimate of drug-likeness (QED) is 0.847. The third-order valence-corrected chi connectivity index (χ3v) is 3.55. The molecular formula is C17H22N2O. The van der Waals surface area contributed by atoms with E-state index in [0.29, 0.717) is 13.0 Å². The van der Waals surface area contributed by atoms with Crippen LogP contribution in [0.5, 0.6) is 0 Å². The molecular weight excluding hydrogens is 248 g/mol. The minimum atomic E-state index is 0.0700. The lowest BCUT2D eigenvalue weighted by molar-refractivity contribution is -0.121. The van der Waals surface area contributed by atoms with E-state index in [1.165, 1.54) is 10.8 Å². The van der Waals surface area contributed by atoms with Crippen LogP contribution in [0, 0.1) is 0 Å². The van der Waals surface area contributed by atoms with Gasteiger partial charge in [-0.25, -0.2) is 0 Å². The Morgan fingerprint density at radius 2 is 1.95 bits per heavy atom. The van der Waals surface area contributed by atoms with Crippen LogP contribution in [0.15, 0.2) is 42.5 Å². The second-order valence-corrected chi connectivity index (χ2v) is 5.11. The highest BCUT2D eigenvalue weighted by Crippen LogP contribution is 2.16. The SMILES string of the molecule is CCC(CCN)NC(=O)Cc1ccc2ccccc2c1. The number of nitrogens with two attached hydrogens (primary N) is 1. The fourth-order valence-electron chi connectivity index (χ4n) is 2.39. The van der Waals surface area contributed by atoms with Crippen molar-refractivity contribution in [3.8, 4) is 0 Å². The molecule has 2 rings (SSSR count). The molecule has 1 atom stereocenters. The molecule has 0 spiro atoms. The van der Waals surface area contributed by atoms with Crippen LogP contribution < -0.4 is 11.1 Å². The van der Waals surface area contributed by atoms with Gasteiger partial charge in [-0.05, 0) is 35.7 Å². The van der Waals surface area contributed by atoms with Crippen LogP contribution in [-0.4, -0.2) is 18.5 Å². The zero-order chi connectivity index (χ0) is 14.4. The van der Waals surface area contributed by atoms with E-state index in [0.717, 1.165) is 18.4 Å². The van der Waals surface area contributed by atoms with Crippen LogP contribution in [-0.2, 0) is 11.2 Å². The summed E-state index contributed by atoms with van der Waals surface area (Å²) in [5.41, 5.74) is 6.59. The topological polar surface area (TPSA) is 55.1 Å². The van der Waals surface area contributed by atoms with Gasteiger partial charge in [-0.1, -0.05) is 49.4 Å². The van der Waals surface area contributed by atoms with Crippen molar-refractivity contribution in [1.82, 2.24) is 5.32 Å². The molecule has 2 aromatic carbocycles. The maximum Gasteiger partial charge on any atom is 0.224 e. The van der Waals surface area contributed by atoms with Gasteiger partial charge in [0.2, 0.25) is 5.91 Å². The lowest BCUT2D eigenvalue weighted by atomic mass is 10.0. The molecule has 0 aliphatic rings. The van der Waals surface area contributed by atoms with Crippen LogP contribution >= 0.6 is 0 Å². The number of carbonyl (C=O) groups excluding carboxylic acids is 1. The van der Waals surface area contributed by atoms with E-state index < -0.39 is 0 Å². The number of amides is 1. The second kappa shape index (κ2) is 7.06. The maximum atomic E-state index is 12.0. The monoisotopic (exact) mass is 270 g/mol. The summed E-state index contributed by atoms with van der Waals surface area (Å²) in [6, 6.07) is 14.5. The van der Waals surface area contributed by atoms with Gasteiger partial charge in [0.1, 0.15) is 0 Å². The van der Waals surface area contributed by atoms with Crippen LogP contribution in [0.1, 0.15) is 25.3 Å². The summed E-state index contributed by atoms with van der Waals surface area (Å²) in [5, 5.41) is 5.42. The van der Waals surface area contributed by atoms with Gasteiger partial charge >= 0.3 is 0 Å². The van der Waals surface area contributed by atoms with Crippen molar-refractivity contribution in [3.63, 3.8) is 0 Å². The fraction of sp³-hybridized carbons (Fsp3) is 0.353. The highest BCUT2D eigenvalue weighted by molar-refractivity contribution is 5.85. The Morgan fingerprint density at radius 1 is 1.20 bits per heavy atom. The third-order valence-electron chi connectivity index (χ3n) is 3.55. The van der Waals surface area contributed by atoms with Gasteiger partial charge in [0.15, 0.2) is 0 Å². The van der Waals surface area contributed by atoms with E-state index in [2.05, 4.69) is 36.5 Å². The summed E-state index contributed by atoms with van der Waals surface area (Å²) >= 11 is 0. The molecule has 1 amide bonds. The van der Waals surface area contributed by atoms with Crippen molar-refractivity contribution in [1.29, 1.82) is 0 Å². The minimum absolute atomic E-state index is 0.0700. The van der Waals surface area contributed by atoms with Crippen molar-refractivity contribution in [2.75, 3.05) is 6.54 Å². The lowest BCUT2D eigenvalue weighted by Gasteiger charge is -2.16. The zero-order valence-corrected chi connectivity index (χ0v) is 11.9. The fourth-order valence-corrected chi connectivity index (χ4v) is 2.39. The van der Waals surface area contributed by atoms with Crippen molar-refractivity contribution in [2.45, 2.75) is 32.2 Å². The van der Waals surface area contributed by atoms with Gasteiger partial charge in [0, 0.05) is 6.04 Å². The smallest absolute Gasteiger partial charge is 0.224 e. The average Bonchev–Trinajstić information content (AvgIpc) is 2.46. The molecule has 20 heavy (non-hydrogen) atoms. The zero-order valence-electron chi connectivity index (χ0n) is 11.9. The van der Waals surface area contributed by atoms with E-state index in [4.69, 9.17) is 5.73 Å². The van der Waals surface area contributed by atoms with Crippen molar-refractivity contribution in [2.24, 2.45) is 5.73 Å². The molecule has 3 N–H and O–H groups in total. The predicted molar refractivity (Wildman–Crippen MR) is 83.5 cm³/mol. The molecule has 0 bridgehead atoms. The Morgan fingerprint density at radius 3 is 2.65 bits per heavy atom. The summed E-state index contributed by atoms with van der Waals surface area (Å²) < 4.78 is 0. The maximum absolute atomic E-state index is 12.0. The number of hydrogen-bond acceptors (Lipinski definition) is 2. The molecule has 0 heterocycles. The number of benzene rings is 2. The van der Waals surface area contributed by atoms with E-state index in [1.807, 2.05) is 18.2 Å². The molecule has 0 radical (unpaired) electrons. The van der Waals surface area contributed by atoms with Gasteiger partial charge in [0.25, 0.3) is 0 Å². The molecule has 0 saturated carbocycles. The van der Waals surface area contributed by atoms with Gasteiger partial charge in [-0.2, -0.15) is 0 Å². The highest BCUT2D eigenvalue weighted by atomic mass is 16.1. The second-order valence-electron chi connectivity index (χ2n) is 5.11. The number of nitrogens with one attached hydrogen (secondary N) is 1. The Balaban J connectivity index is 2.02. The first-order chi connectivity index (χ1) is 9.72. The third kappa shape index (κ3) is 3.81. The van der Waals surface area contributed by atoms with E-state index in [9.17, 15) is 4.79 Å². The summed E-state index contributed by atoms with van der Waals surface area (Å²) in [6.45, 7) is 2.67. The molecule has 1 unspecified atom stereocenters. The molecule has 0 saturated heterocycles.